The van der Waals surface area contributed by atoms with Crippen molar-refractivity contribution < 1.29 is 18.4 Å². The summed E-state index contributed by atoms with van der Waals surface area (Å²) >= 11 is 0. The van der Waals surface area contributed by atoms with Crippen molar-refractivity contribution in [1.82, 2.24) is 4.90 Å². The Bertz CT molecular complexity index is 537. The quantitative estimate of drug-likeness (QED) is 0.551. The van der Waals surface area contributed by atoms with Gasteiger partial charge in [-0.15, -0.1) is 0 Å². The number of nitrogens with zero attached hydrogens (tertiary/aromatic N) is 1. The molecule has 2 amide bonds. The highest BCUT2D eigenvalue weighted by atomic mass is 19.2. The van der Waals surface area contributed by atoms with Gasteiger partial charge in [-0.25, -0.2) is 8.78 Å². The third-order valence-corrected chi connectivity index (χ3v) is 2.58. The molecule has 17 heavy (non-hydrogen) atoms. The SMILES string of the molecule is CN1C(=O)C/C(=C\c2ccc(F)c(F)c2)C1=O. The number of amides is 2. The fourth-order valence-corrected chi connectivity index (χ4v) is 1.60. The Balaban J connectivity index is 2.34. The van der Waals surface area contributed by atoms with Crippen LogP contribution in [0, 0.1) is 11.6 Å². The fraction of sp³-hybridized carbons (Fsp3) is 0.167. The monoisotopic (exact) mass is 237 g/mol. The first kappa shape index (κ1) is 11.4. The lowest BCUT2D eigenvalue weighted by Crippen LogP contribution is -2.23. The summed E-state index contributed by atoms with van der Waals surface area (Å²) in [7, 11) is 1.39. The lowest BCUT2D eigenvalue weighted by Gasteiger charge is -2.02. The van der Waals surface area contributed by atoms with Crippen LogP contribution in [0.25, 0.3) is 6.08 Å². The molecular formula is C12H9F2NO2. The Morgan fingerprint density at radius 1 is 1.24 bits per heavy atom. The molecular weight excluding hydrogens is 228 g/mol. The highest BCUT2D eigenvalue weighted by Gasteiger charge is 2.30. The molecule has 2 rings (SSSR count). The minimum atomic E-state index is -0.982. The Morgan fingerprint density at radius 3 is 2.47 bits per heavy atom. The molecule has 88 valence electrons. The van der Waals surface area contributed by atoms with Crippen LogP contribution < -0.4 is 0 Å². The van der Waals surface area contributed by atoms with Crippen molar-refractivity contribution in [2.24, 2.45) is 0 Å². The molecule has 0 radical (unpaired) electrons. The Labute approximate surface area is 96.3 Å². The lowest BCUT2D eigenvalue weighted by molar-refractivity contribution is -0.135. The van der Waals surface area contributed by atoms with Gasteiger partial charge in [0.2, 0.25) is 5.91 Å². The van der Waals surface area contributed by atoms with Crippen molar-refractivity contribution in [1.29, 1.82) is 0 Å². The van der Waals surface area contributed by atoms with E-state index in [1.54, 1.807) is 0 Å². The second kappa shape index (κ2) is 4.08. The molecule has 0 saturated carbocycles. The normalized spacial score (nSPS) is 18.3. The molecule has 1 aromatic carbocycles. The molecule has 1 heterocycles. The van der Waals surface area contributed by atoms with Gasteiger partial charge in [-0.3, -0.25) is 14.5 Å². The Hall–Kier alpha value is -2.04. The van der Waals surface area contributed by atoms with Crippen LogP contribution in [-0.2, 0) is 9.59 Å². The van der Waals surface area contributed by atoms with Gasteiger partial charge in [-0.1, -0.05) is 6.07 Å². The summed E-state index contributed by atoms with van der Waals surface area (Å²) in [5.41, 5.74) is 0.638. The first-order valence-corrected chi connectivity index (χ1v) is 4.95. The number of likely N-dealkylation sites (N-methyl/N-ethyl adjacent to an activating group) is 1. The average molecular weight is 237 g/mol. The predicted octanol–water partition coefficient (Wildman–Crippen LogP) is 1.74. The number of likely N-dealkylation sites (tertiary alicyclic amines) is 1. The first-order valence-electron chi connectivity index (χ1n) is 4.95. The average Bonchev–Trinajstić information content (AvgIpc) is 2.52. The largest absolute Gasteiger partial charge is 0.282 e. The van der Waals surface area contributed by atoms with Gasteiger partial charge < -0.3 is 0 Å². The molecule has 0 spiro atoms. The number of hydrogen-bond donors (Lipinski definition) is 0. The number of rotatable bonds is 1. The van der Waals surface area contributed by atoms with Crippen LogP contribution in [0.1, 0.15) is 12.0 Å². The predicted molar refractivity (Wildman–Crippen MR) is 56.7 cm³/mol. The maximum atomic E-state index is 12.9. The standard InChI is InChI=1S/C12H9F2NO2/c1-15-11(16)6-8(12(15)17)4-7-2-3-9(13)10(14)5-7/h2-5H,6H2,1H3/b8-4+. The van der Waals surface area contributed by atoms with E-state index in [0.717, 1.165) is 17.0 Å². The lowest BCUT2D eigenvalue weighted by atomic mass is 10.1. The molecule has 0 atom stereocenters. The van der Waals surface area contributed by atoms with Crippen LogP contribution in [0.2, 0.25) is 0 Å². The zero-order chi connectivity index (χ0) is 12.6. The molecule has 0 unspecified atom stereocenters. The summed E-state index contributed by atoms with van der Waals surface area (Å²) in [6.07, 6.45) is 1.39. The zero-order valence-electron chi connectivity index (χ0n) is 9.04. The van der Waals surface area contributed by atoms with Gasteiger partial charge in [0.15, 0.2) is 11.6 Å². The van der Waals surface area contributed by atoms with Gasteiger partial charge in [-0.2, -0.15) is 0 Å². The van der Waals surface area contributed by atoms with E-state index in [0.29, 0.717) is 5.56 Å². The molecule has 0 N–H and O–H groups in total. The van der Waals surface area contributed by atoms with Crippen LogP contribution in [0.5, 0.6) is 0 Å². The minimum absolute atomic E-state index is 0.00563. The number of carbonyl (C=O) groups excluding carboxylic acids is 2. The summed E-state index contributed by atoms with van der Waals surface area (Å²) in [5, 5.41) is 0. The number of halogens is 2. The topological polar surface area (TPSA) is 37.4 Å². The second-order valence-corrected chi connectivity index (χ2v) is 3.78. The van der Waals surface area contributed by atoms with Crippen molar-refractivity contribution in [3.63, 3.8) is 0 Å². The summed E-state index contributed by atoms with van der Waals surface area (Å²) in [6, 6.07) is 3.31. The van der Waals surface area contributed by atoms with E-state index in [4.69, 9.17) is 0 Å². The van der Waals surface area contributed by atoms with E-state index in [9.17, 15) is 18.4 Å². The maximum absolute atomic E-state index is 12.9. The molecule has 0 aromatic heterocycles. The summed E-state index contributed by atoms with van der Waals surface area (Å²) in [6.45, 7) is 0. The molecule has 1 aromatic rings. The van der Waals surface area contributed by atoms with Crippen molar-refractivity contribution in [2.75, 3.05) is 7.05 Å². The van der Waals surface area contributed by atoms with Crippen molar-refractivity contribution >= 4 is 17.9 Å². The molecule has 3 nitrogen and oxygen atoms in total. The minimum Gasteiger partial charge on any atom is -0.282 e. The Kier molecular flexibility index (Phi) is 2.75. The Morgan fingerprint density at radius 2 is 1.94 bits per heavy atom. The van der Waals surface area contributed by atoms with Crippen molar-refractivity contribution in [3.05, 3.63) is 41.0 Å². The van der Waals surface area contributed by atoms with Gasteiger partial charge in [0, 0.05) is 12.6 Å². The van der Waals surface area contributed by atoms with Gasteiger partial charge in [0.05, 0.1) is 6.42 Å². The van der Waals surface area contributed by atoms with E-state index >= 15 is 0 Å². The third-order valence-electron chi connectivity index (χ3n) is 2.58. The van der Waals surface area contributed by atoms with E-state index < -0.39 is 17.5 Å². The second-order valence-electron chi connectivity index (χ2n) is 3.78. The molecule has 0 bridgehead atoms. The van der Waals surface area contributed by atoms with E-state index in [1.807, 2.05) is 0 Å². The molecule has 1 aliphatic rings. The molecule has 5 heteroatoms. The van der Waals surface area contributed by atoms with E-state index in [-0.39, 0.29) is 17.9 Å². The van der Waals surface area contributed by atoms with Crippen molar-refractivity contribution in [2.45, 2.75) is 6.42 Å². The van der Waals surface area contributed by atoms with E-state index in [2.05, 4.69) is 0 Å². The highest BCUT2D eigenvalue weighted by Crippen LogP contribution is 2.20. The molecule has 1 saturated heterocycles. The zero-order valence-corrected chi connectivity index (χ0v) is 9.04. The van der Waals surface area contributed by atoms with Gasteiger partial charge >= 0.3 is 0 Å². The molecule has 1 aliphatic heterocycles. The van der Waals surface area contributed by atoms with Gasteiger partial charge in [0.25, 0.3) is 5.91 Å². The fourth-order valence-electron chi connectivity index (χ4n) is 1.60. The van der Waals surface area contributed by atoms with Crippen LogP contribution in [-0.4, -0.2) is 23.8 Å². The first-order chi connectivity index (χ1) is 7.99. The highest BCUT2D eigenvalue weighted by molar-refractivity contribution is 6.15. The smallest absolute Gasteiger partial charge is 0.256 e. The van der Waals surface area contributed by atoms with Crippen molar-refractivity contribution in [3.8, 4) is 0 Å². The maximum Gasteiger partial charge on any atom is 0.256 e. The number of carbonyl (C=O) groups is 2. The number of benzene rings is 1. The number of hydrogen-bond acceptors (Lipinski definition) is 2. The summed E-state index contributed by atoms with van der Waals surface area (Å²) in [4.78, 5) is 23.8. The third kappa shape index (κ3) is 2.08. The number of imide groups is 1. The summed E-state index contributed by atoms with van der Waals surface area (Å²) < 4.78 is 25.6. The van der Waals surface area contributed by atoms with Gasteiger partial charge in [-0.05, 0) is 23.8 Å². The van der Waals surface area contributed by atoms with Crippen LogP contribution in [0.3, 0.4) is 0 Å². The van der Waals surface area contributed by atoms with Crippen LogP contribution in [0.4, 0.5) is 8.78 Å². The van der Waals surface area contributed by atoms with Crippen LogP contribution in [0.15, 0.2) is 23.8 Å². The van der Waals surface area contributed by atoms with E-state index in [1.165, 1.54) is 19.2 Å². The summed E-state index contributed by atoms with van der Waals surface area (Å²) in [5.74, 6) is -2.63. The van der Waals surface area contributed by atoms with Gasteiger partial charge in [0.1, 0.15) is 0 Å². The van der Waals surface area contributed by atoms with Crippen LogP contribution >= 0.6 is 0 Å². The molecule has 1 fully saturated rings. The molecule has 0 aliphatic carbocycles.